The molecule has 1 unspecified atom stereocenters. The lowest BCUT2D eigenvalue weighted by Crippen LogP contribution is -2.28. The third-order valence-electron chi connectivity index (χ3n) is 4.69. The molecule has 2 amide bonds. The van der Waals surface area contributed by atoms with Gasteiger partial charge in [0.15, 0.2) is 0 Å². The summed E-state index contributed by atoms with van der Waals surface area (Å²) in [5.41, 5.74) is 0.864. The van der Waals surface area contributed by atoms with Gasteiger partial charge in [-0.25, -0.2) is 0 Å². The highest BCUT2D eigenvalue weighted by Crippen LogP contribution is 2.32. The number of anilines is 2. The number of rotatable bonds is 4. The molecule has 1 aromatic carbocycles. The van der Waals surface area contributed by atoms with Crippen molar-refractivity contribution in [2.24, 2.45) is 5.92 Å². The molecule has 1 N–H and O–H groups in total. The van der Waals surface area contributed by atoms with Gasteiger partial charge < -0.3 is 9.32 Å². The summed E-state index contributed by atoms with van der Waals surface area (Å²) in [5, 5.41) is 10.6. The van der Waals surface area contributed by atoms with Gasteiger partial charge in [0.05, 0.1) is 5.92 Å². The van der Waals surface area contributed by atoms with Crippen molar-refractivity contribution in [2.45, 2.75) is 31.6 Å². The summed E-state index contributed by atoms with van der Waals surface area (Å²) in [6.07, 6.45) is 3.24. The summed E-state index contributed by atoms with van der Waals surface area (Å²) in [7, 11) is 0. The zero-order valence-corrected chi connectivity index (χ0v) is 13.1. The number of aromatic nitrogens is 2. The summed E-state index contributed by atoms with van der Waals surface area (Å²) in [5.74, 6) is 0.265. The topological polar surface area (TPSA) is 88.3 Å². The van der Waals surface area contributed by atoms with E-state index in [2.05, 4.69) is 15.5 Å². The molecule has 0 radical (unpaired) electrons. The van der Waals surface area contributed by atoms with Gasteiger partial charge in [-0.05, 0) is 25.0 Å². The maximum atomic E-state index is 12.2. The molecule has 2 fully saturated rings. The Labute approximate surface area is 139 Å². The Balaban J connectivity index is 1.43. The van der Waals surface area contributed by atoms with Crippen LogP contribution in [0.5, 0.6) is 0 Å². The first-order valence-electron chi connectivity index (χ1n) is 8.20. The zero-order valence-electron chi connectivity index (χ0n) is 13.1. The lowest BCUT2D eigenvalue weighted by molar-refractivity contribution is -0.122. The monoisotopic (exact) mass is 326 g/mol. The standard InChI is InChI=1S/C17H18N4O3/c22-14-9-12(10-21(14)13-7-2-1-3-8-13)16-19-20-17(24-16)18-15(23)11-5-4-6-11/h1-3,7-8,11-12H,4-6,9-10H2,(H,18,20,23). The van der Waals surface area contributed by atoms with Gasteiger partial charge in [0.2, 0.25) is 17.7 Å². The van der Waals surface area contributed by atoms with Crippen molar-refractivity contribution in [3.63, 3.8) is 0 Å². The molecule has 24 heavy (non-hydrogen) atoms. The SMILES string of the molecule is O=C(Nc1nnc(C2CC(=O)N(c3ccccc3)C2)o1)C1CCC1. The summed E-state index contributed by atoms with van der Waals surface area (Å²) in [4.78, 5) is 25.9. The molecule has 1 saturated carbocycles. The molecular weight excluding hydrogens is 308 g/mol. The fourth-order valence-electron chi connectivity index (χ4n) is 3.06. The number of nitrogens with zero attached hydrogens (tertiary/aromatic N) is 3. The average molecular weight is 326 g/mol. The molecule has 7 heteroatoms. The third-order valence-corrected chi connectivity index (χ3v) is 4.69. The van der Waals surface area contributed by atoms with Gasteiger partial charge in [-0.2, -0.15) is 0 Å². The summed E-state index contributed by atoms with van der Waals surface area (Å²) in [6.45, 7) is 0.501. The van der Waals surface area contributed by atoms with Crippen LogP contribution in [-0.2, 0) is 9.59 Å². The van der Waals surface area contributed by atoms with E-state index in [1.54, 1.807) is 4.90 Å². The van der Waals surface area contributed by atoms with Gasteiger partial charge in [-0.3, -0.25) is 14.9 Å². The molecule has 2 aliphatic rings. The minimum absolute atomic E-state index is 0.0319. The summed E-state index contributed by atoms with van der Waals surface area (Å²) in [6, 6.07) is 9.63. The van der Waals surface area contributed by atoms with E-state index in [9.17, 15) is 9.59 Å². The minimum atomic E-state index is -0.153. The number of hydrogen-bond acceptors (Lipinski definition) is 5. The normalized spacial score (nSPS) is 20.9. The van der Waals surface area contributed by atoms with E-state index in [0.717, 1.165) is 24.9 Å². The fraction of sp³-hybridized carbons (Fsp3) is 0.412. The van der Waals surface area contributed by atoms with Crippen LogP contribution in [0.3, 0.4) is 0 Å². The van der Waals surface area contributed by atoms with E-state index in [-0.39, 0.29) is 29.7 Å². The van der Waals surface area contributed by atoms with Crippen LogP contribution in [0.25, 0.3) is 0 Å². The van der Waals surface area contributed by atoms with Crippen LogP contribution in [0.2, 0.25) is 0 Å². The second kappa shape index (κ2) is 6.07. The number of carbonyl (C=O) groups is 2. The molecule has 2 heterocycles. The van der Waals surface area contributed by atoms with E-state index < -0.39 is 0 Å². The summed E-state index contributed by atoms with van der Waals surface area (Å²) < 4.78 is 5.56. The van der Waals surface area contributed by atoms with Crippen LogP contribution in [0.4, 0.5) is 11.7 Å². The van der Waals surface area contributed by atoms with Crippen molar-refractivity contribution in [2.75, 3.05) is 16.8 Å². The second-order valence-electron chi connectivity index (χ2n) is 6.30. The first-order chi connectivity index (χ1) is 11.7. The molecule has 1 aliphatic heterocycles. The average Bonchev–Trinajstić information content (AvgIpc) is 3.13. The van der Waals surface area contributed by atoms with Crippen molar-refractivity contribution in [1.29, 1.82) is 0 Å². The highest BCUT2D eigenvalue weighted by molar-refractivity contribution is 5.96. The zero-order chi connectivity index (χ0) is 16.5. The van der Waals surface area contributed by atoms with Gasteiger partial charge in [-0.1, -0.05) is 29.7 Å². The van der Waals surface area contributed by atoms with E-state index in [1.807, 2.05) is 30.3 Å². The van der Waals surface area contributed by atoms with Crippen molar-refractivity contribution in [1.82, 2.24) is 10.2 Å². The molecule has 0 bridgehead atoms. The molecule has 1 saturated heterocycles. The first kappa shape index (κ1) is 14.9. The lowest BCUT2D eigenvalue weighted by atomic mass is 9.85. The van der Waals surface area contributed by atoms with Crippen molar-refractivity contribution in [3.8, 4) is 0 Å². The van der Waals surface area contributed by atoms with Gasteiger partial charge >= 0.3 is 6.01 Å². The van der Waals surface area contributed by atoms with E-state index in [0.29, 0.717) is 18.9 Å². The number of para-hydroxylation sites is 1. The van der Waals surface area contributed by atoms with Crippen molar-refractivity contribution in [3.05, 3.63) is 36.2 Å². The second-order valence-corrected chi connectivity index (χ2v) is 6.30. The molecule has 1 atom stereocenters. The Morgan fingerprint density at radius 2 is 2.00 bits per heavy atom. The van der Waals surface area contributed by atoms with Gasteiger partial charge in [0.1, 0.15) is 0 Å². The number of benzene rings is 1. The van der Waals surface area contributed by atoms with Gasteiger partial charge in [0.25, 0.3) is 0 Å². The molecule has 7 nitrogen and oxygen atoms in total. The van der Waals surface area contributed by atoms with Gasteiger partial charge in [0, 0.05) is 24.6 Å². The van der Waals surface area contributed by atoms with Crippen LogP contribution in [0.15, 0.2) is 34.7 Å². The van der Waals surface area contributed by atoms with Crippen molar-refractivity contribution >= 4 is 23.5 Å². The molecule has 124 valence electrons. The molecule has 1 aromatic heterocycles. The number of nitrogens with one attached hydrogen (secondary N) is 1. The Morgan fingerprint density at radius 3 is 2.71 bits per heavy atom. The van der Waals surface area contributed by atoms with E-state index in [4.69, 9.17) is 4.42 Å². The van der Waals surface area contributed by atoms with E-state index >= 15 is 0 Å². The largest absolute Gasteiger partial charge is 0.407 e. The van der Waals surface area contributed by atoms with Crippen LogP contribution in [0.1, 0.15) is 37.5 Å². The van der Waals surface area contributed by atoms with Crippen LogP contribution in [-0.4, -0.2) is 28.6 Å². The molecule has 0 spiro atoms. The summed E-state index contributed by atoms with van der Waals surface area (Å²) >= 11 is 0. The first-order valence-corrected chi connectivity index (χ1v) is 8.20. The minimum Gasteiger partial charge on any atom is -0.407 e. The third kappa shape index (κ3) is 2.77. The quantitative estimate of drug-likeness (QED) is 0.931. The molecule has 1 aliphatic carbocycles. The van der Waals surface area contributed by atoms with Crippen LogP contribution < -0.4 is 10.2 Å². The van der Waals surface area contributed by atoms with E-state index in [1.165, 1.54) is 0 Å². The van der Waals surface area contributed by atoms with Crippen LogP contribution in [0, 0.1) is 5.92 Å². The number of carbonyl (C=O) groups excluding carboxylic acids is 2. The molecule has 4 rings (SSSR count). The maximum Gasteiger partial charge on any atom is 0.322 e. The highest BCUT2D eigenvalue weighted by atomic mass is 16.4. The highest BCUT2D eigenvalue weighted by Gasteiger charge is 2.35. The molecule has 2 aromatic rings. The Hall–Kier alpha value is -2.70. The molecular formula is C17H18N4O3. The smallest absolute Gasteiger partial charge is 0.322 e. The predicted molar refractivity (Wildman–Crippen MR) is 86.4 cm³/mol. The van der Waals surface area contributed by atoms with Gasteiger partial charge in [-0.15, -0.1) is 5.10 Å². The predicted octanol–water partition coefficient (Wildman–Crippen LogP) is 2.33. The fourth-order valence-corrected chi connectivity index (χ4v) is 3.06. The number of hydrogen-bond donors (Lipinski definition) is 1. The van der Waals surface area contributed by atoms with Crippen LogP contribution >= 0.6 is 0 Å². The Kier molecular flexibility index (Phi) is 3.76. The number of amides is 2. The Morgan fingerprint density at radius 1 is 1.21 bits per heavy atom. The van der Waals surface area contributed by atoms with Crippen molar-refractivity contribution < 1.29 is 14.0 Å². The maximum absolute atomic E-state index is 12.2. The Bertz CT molecular complexity index is 754. The lowest BCUT2D eigenvalue weighted by Gasteiger charge is -2.22.